The summed E-state index contributed by atoms with van der Waals surface area (Å²) in [6.45, 7) is 0. The molecule has 0 aliphatic heterocycles. The van der Waals surface area contributed by atoms with Gasteiger partial charge in [0.25, 0.3) is 0 Å². The Morgan fingerprint density at radius 3 is 2.45 bits per heavy atom. The van der Waals surface area contributed by atoms with Crippen LogP contribution in [-0.2, 0) is 20.7 Å². The molecule has 0 atom stereocenters. The number of para-hydroxylation sites is 1. The van der Waals surface area contributed by atoms with Crippen molar-refractivity contribution in [3.05, 3.63) is 41.7 Å². The summed E-state index contributed by atoms with van der Waals surface area (Å²) in [5, 5.41) is 7.76. The molecule has 2 aromatic rings. The minimum absolute atomic E-state index is 0.115. The molecule has 104 valence electrons. The molecule has 1 heterocycles. The number of hydrogen-bond acceptors (Lipinski definition) is 6. The summed E-state index contributed by atoms with van der Waals surface area (Å²) in [6.07, 6.45) is -0.145. The van der Waals surface area contributed by atoms with Crippen LogP contribution in [0.3, 0.4) is 0 Å². The number of carbonyl (C=O) groups is 2. The molecule has 0 N–H and O–H groups in total. The van der Waals surface area contributed by atoms with E-state index in [0.29, 0.717) is 5.69 Å². The Labute approximate surface area is 115 Å². The standard InChI is InChI=1S/C13H13N3O4/c1-19-11(17)8-10-12(13(18)20-2)16(15-14-10)9-6-4-3-5-7-9/h3-7H,8H2,1-2H3. The molecule has 0 aliphatic carbocycles. The van der Waals surface area contributed by atoms with Gasteiger partial charge >= 0.3 is 11.9 Å². The first-order valence-corrected chi connectivity index (χ1v) is 5.82. The number of hydrogen-bond donors (Lipinski definition) is 0. The van der Waals surface area contributed by atoms with E-state index >= 15 is 0 Å². The first kappa shape index (κ1) is 13.7. The Morgan fingerprint density at radius 2 is 1.85 bits per heavy atom. The highest BCUT2D eigenvalue weighted by Gasteiger charge is 2.23. The Bertz CT molecular complexity index is 622. The lowest BCUT2D eigenvalue weighted by molar-refractivity contribution is -0.139. The number of methoxy groups -OCH3 is 2. The monoisotopic (exact) mass is 275 g/mol. The highest BCUT2D eigenvalue weighted by Crippen LogP contribution is 2.14. The van der Waals surface area contributed by atoms with Crippen molar-refractivity contribution < 1.29 is 19.1 Å². The third kappa shape index (κ3) is 2.66. The zero-order valence-corrected chi connectivity index (χ0v) is 11.1. The summed E-state index contributed by atoms with van der Waals surface area (Å²) in [6, 6.07) is 8.98. The predicted octanol–water partition coefficient (Wildman–Crippen LogP) is 0.769. The molecule has 0 fully saturated rings. The maximum Gasteiger partial charge on any atom is 0.358 e. The average molecular weight is 275 g/mol. The Kier molecular flexibility index (Phi) is 4.09. The predicted molar refractivity (Wildman–Crippen MR) is 68.4 cm³/mol. The van der Waals surface area contributed by atoms with E-state index in [2.05, 4.69) is 15.0 Å². The van der Waals surface area contributed by atoms with E-state index in [1.165, 1.54) is 18.9 Å². The fourth-order valence-electron chi connectivity index (χ4n) is 1.69. The number of benzene rings is 1. The first-order chi connectivity index (χ1) is 9.67. The zero-order chi connectivity index (χ0) is 14.5. The highest BCUT2D eigenvalue weighted by atomic mass is 16.5. The largest absolute Gasteiger partial charge is 0.469 e. The third-order valence-electron chi connectivity index (χ3n) is 2.66. The van der Waals surface area contributed by atoms with E-state index in [1.807, 2.05) is 6.07 Å². The number of esters is 2. The maximum atomic E-state index is 11.9. The van der Waals surface area contributed by atoms with Crippen LogP contribution in [-0.4, -0.2) is 41.2 Å². The Morgan fingerprint density at radius 1 is 1.15 bits per heavy atom. The molecule has 2 rings (SSSR count). The number of ether oxygens (including phenoxy) is 2. The number of carbonyl (C=O) groups excluding carboxylic acids is 2. The van der Waals surface area contributed by atoms with Gasteiger partial charge in [-0.2, -0.15) is 0 Å². The van der Waals surface area contributed by atoms with Crippen molar-refractivity contribution in [2.75, 3.05) is 14.2 Å². The summed E-state index contributed by atoms with van der Waals surface area (Å²) in [7, 11) is 2.52. The molecule has 1 aromatic carbocycles. The maximum absolute atomic E-state index is 11.9. The van der Waals surface area contributed by atoms with Gasteiger partial charge in [-0.25, -0.2) is 9.48 Å². The number of aromatic nitrogens is 3. The zero-order valence-electron chi connectivity index (χ0n) is 11.1. The van der Waals surface area contributed by atoms with Crippen molar-refractivity contribution in [1.29, 1.82) is 0 Å². The molecule has 7 heteroatoms. The minimum Gasteiger partial charge on any atom is -0.469 e. The quantitative estimate of drug-likeness (QED) is 0.766. The van der Waals surface area contributed by atoms with Crippen molar-refractivity contribution in [2.45, 2.75) is 6.42 Å². The first-order valence-electron chi connectivity index (χ1n) is 5.82. The van der Waals surface area contributed by atoms with E-state index in [1.54, 1.807) is 24.3 Å². The van der Waals surface area contributed by atoms with E-state index in [9.17, 15) is 9.59 Å². The van der Waals surface area contributed by atoms with Gasteiger partial charge in [0.05, 0.1) is 26.3 Å². The van der Waals surface area contributed by atoms with Gasteiger partial charge in [0.15, 0.2) is 5.69 Å². The lowest BCUT2D eigenvalue weighted by Gasteiger charge is -2.05. The van der Waals surface area contributed by atoms with Gasteiger partial charge in [0, 0.05) is 0 Å². The fourth-order valence-corrected chi connectivity index (χ4v) is 1.69. The summed E-state index contributed by atoms with van der Waals surface area (Å²) in [5.41, 5.74) is 0.980. The molecule has 0 aliphatic rings. The Balaban J connectivity index is 2.48. The van der Waals surface area contributed by atoms with Crippen LogP contribution in [0.2, 0.25) is 0 Å². The molecule has 0 amide bonds. The van der Waals surface area contributed by atoms with Crippen molar-refractivity contribution in [1.82, 2.24) is 15.0 Å². The van der Waals surface area contributed by atoms with Crippen molar-refractivity contribution in [2.24, 2.45) is 0 Å². The van der Waals surface area contributed by atoms with Crippen LogP contribution < -0.4 is 0 Å². The highest BCUT2D eigenvalue weighted by molar-refractivity contribution is 5.90. The SMILES string of the molecule is COC(=O)Cc1nnn(-c2ccccc2)c1C(=O)OC. The molecule has 7 nitrogen and oxygen atoms in total. The van der Waals surface area contributed by atoms with Crippen molar-refractivity contribution in [3.8, 4) is 5.69 Å². The lowest BCUT2D eigenvalue weighted by atomic mass is 10.2. The van der Waals surface area contributed by atoms with Gasteiger partial charge in [-0.15, -0.1) is 5.10 Å². The molecular weight excluding hydrogens is 262 g/mol. The summed E-state index contributed by atoms with van der Waals surface area (Å²) < 4.78 is 10.6. The molecule has 0 unspecified atom stereocenters. The van der Waals surface area contributed by atoms with Gasteiger partial charge in [0.2, 0.25) is 0 Å². The summed E-state index contributed by atoms with van der Waals surface area (Å²) >= 11 is 0. The topological polar surface area (TPSA) is 83.3 Å². The minimum atomic E-state index is -0.613. The summed E-state index contributed by atoms with van der Waals surface area (Å²) in [4.78, 5) is 23.2. The van der Waals surface area contributed by atoms with Crippen LogP contribution >= 0.6 is 0 Å². The molecule has 1 aromatic heterocycles. The normalized spacial score (nSPS) is 10.1. The van der Waals surface area contributed by atoms with Crippen LogP contribution in [0, 0.1) is 0 Å². The van der Waals surface area contributed by atoms with E-state index in [-0.39, 0.29) is 17.8 Å². The summed E-state index contributed by atoms with van der Waals surface area (Å²) in [5.74, 6) is -1.12. The molecule has 20 heavy (non-hydrogen) atoms. The van der Waals surface area contributed by atoms with Gasteiger partial charge < -0.3 is 9.47 Å². The fraction of sp³-hybridized carbons (Fsp3) is 0.231. The second kappa shape index (κ2) is 5.96. The molecular formula is C13H13N3O4. The van der Waals surface area contributed by atoms with Gasteiger partial charge in [0.1, 0.15) is 5.69 Å². The second-order valence-corrected chi connectivity index (χ2v) is 3.88. The van der Waals surface area contributed by atoms with Gasteiger partial charge in [-0.05, 0) is 12.1 Å². The van der Waals surface area contributed by atoms with Crippen LogP contribution in [0.1, 0.15) is 16.2 Å². The van der Waals surface area contributed by atoms with E-state index in [4.69, 9.17) is 4.74 Å². The van der Waals surface area contributed by atoms with Crippen molar-refractivity contribution >= 4 is 11.9 Å². The number of nitrogens with zero attached hydrogens (tertiary/aromatic N) is 3. The Hall–Kier alpha value is -2.70. The van der Waals surface area contributed by atoms with Crippen molar-refractivity contribution in [3.63, 3.8) is 0 Å². The van der Waals surface area contributed by atoms with E-state index in [0.717, 1.165) is 0 Å². The van der Waals surface area contributed by atoms with Crippen LogP contribution in [0.4, 0.5) is 0 Å². The average Bonchev–Trinajstić information content (AvgIpc) is 2.90. The van der Waals surface area contributed by atoms with Crippen LogP contribution in [0.15, 0.2) is 30.3 Å². The molecule has 0 saturated carbocycles. The van der Waals surface area contributed by atoms with Crippen LogP contribution in [0.25, 0.3) is 5.69 Å². The molecule has 0 radical (unpaired) electrons. The molecule has 0 saturated heterocycles. The second-order valence-electron chi connectivity index (χ2n) is 3.88. The molecule has 0 spiro atoms. The van der Waals surface area contributed by atoms with Gasteiger partial charge in [-0.3, -0.25) is 4.79 Å². The lowest BCUT2D eigenvalue weighted by Crippen LogP contribution is -2.14. The number of rotatable bonds is 4. The smallest absolute Gasteiger partial charge is 0.358 e. The van der Waals surface area contributed by atoms with E-state index < -0.39 is 11.9 Å². The molecule has 0 bridgehead atoms. The third-order valence-corrected chi connectivity index (χ3v) is 2.66. The van der Waals surface area contributed by atoms with Crippen LogP contribution in [0.5, 0.6) is 0 Å². The van der Waals surface area contributed by atoms with Gasteiger partial charge in [-0.1, -0.05) is 23.4 Å².